The van der Waals surface area contributed by atoms with E-state index in [2.05, 4.69) is 16.4 Å². The Bertz CT molecular complexity index is 1310. The molecule has 4 aromatic rings. The molecular formula is C26H23N3O3. The number of aromatic nitrogens is 1. The Hall–Kier alpha value is -3.93. The lowest BCUT2D eigenvalue weighted by Crippen LogP contribution is -2.27. The molecule has 32 heavy (non-hydrogen) atoms. The molecule has 0 radical (unpaired) electrons. The summed E-state index contributed by atoms with van der Waals surface area (Å²) in [7, 11) is 0. The van der Waals surface area contributed by atoms with Crippen molar-refractivity contribution in [2.24, 2.45) is 0 Å². The highest BCUT2D eigenvalue weighted by molar-refractivity contribution is 6.07. The number of furan rings is 1. The summed E-state index contributed by atoms with van der Waals surface area (Å²) in [6, 6.07) is 19.0. The summed E-state index contributed by atoms with van der Waals surface area (Å²) in [6.45, 7) is 3.00. The van der Waals surface area contributed by atoms with Gasteiger partial charge in [0.1, 0.15) is 5.69 Å². The maximum atomic E-state index is 13.1. The van der Waals surface area contributed by atoms with E-state index < -0.39 is 0 Å². The summed E-state index contributed by atoms with van der Waals surface area (Å²) in [5.74, 6) is 0.594. The third kappa shape index (κ3) is 3.64. The number of para-hydroxylation sites is 1. The molecule has 0 bridgehead atoms. The molecule has 2 aromatic carbocycles. The molecule has 0 atom stereocenters. The standard InChI is InChI=1S/C26H23N3O3/c1-2-25(30)29-12-11-18-14-17(9-10-23(18)29)16-27-26(31)20-15-22(24-8-5-13-32-24)28-21-7-4-3-6-19(20)21/h3-10,13-15H,2,11-12,16H2,1H3,(H,27,31). The minimum atomic E-state index is -0.167. The second kappa shape index (κ2) is 8.30. The van der Waals surface area contributed by atoms with Crippen LogP contribution < -0.4 is 10.2 Å². The van der Waals surface area contributed by atoms with Gasteiger partial charge in [0.05, 0.1) is 17.3 Å². The number of hydrogen-bond donors (Lipinski definition) is 1. The summed E-state index contributed by atoms with van der Waals surface area (Å²) in [5.41, 5.74) is 5.06. The highest BCUT2D eigenvalue weighted by atomic mass is 16.3. The lowest BCUT2D eigenvalue weighted by molar-refractivity contribution is -0.118. The van der Waals surface area contributed by atoms with E-state index in [4.69, 9.17) is 4.42 Å². The van der Waals surface area contributed by atoms with Gasteiger partial charge in [-0.15, -0.1) is 0 Å². The van der Waals surface area contributed by atoms with Crippen LogP contribution in [0.4, 0.5) is 5.69 Å². The summed E-state index contributed by atoms with van der Waals surface area (Å²) in [5, 5.41) is 3.83. The van der Waals surface area contributed by atoms with Gasteiger partial charge in [-0.25, -0.2) is 4.98 Å². The fraction of sp³-hybridized carbons (Fsp3) is 0.192. The molecule has 0 aliphatic carbocycles. The van der Waals surface area contributed by atoms with Crippen LogP contribution in [0.15, 0.2) is 71.3 Å². The van der Waals surface area contributed by atoms with Gasteiger partial charge in [0, 0.05) is 30.6 Å². The quantitative estimate of drug-likeness (QED) is 0.502. The average molecular weight is 425 g/mol. The number of nitrogens with one attached hydrogen (secondary N) is 1. The van der Waals surface area contributed by atoms with E-state index in [0.717, 1.165) is 40.7 Å². The molecule has 3 heterocycles. The van der Waals surface area contributed by atoms with Gasteiger partial charge in [0.15, 0.2) is 5.76 Å². The third-order valence-corrected chi connectivity index (χ3v) is 5.83. The topological polar surface area (TPSA) is 75.4 Å². The van der Waals surface area contributed by atoms with Crippen molar-refractivity contribution in [1.29, 1.82) is 0 Å². The van der Waals surface area contributed by atoms with Gasteiger partial charge < -0.3 is 14.6 Å². The van der Waals surface area contributed by atoms with E-state index in [1.165, 1.54) is 0 Å². The molecule has 0 saturated carbocycles. The number of amides is 2. The zero-order valence-corrected chi connectivity index (χ0v) is 17.8. The van der Waals surface area contributed by atoms with Crippen molar-refractivity contribution in [2.45, 2.75) is 26.3 Å². The zero-order valence-electron chi connectivity index (χ0n) is 17.8. The first kappa shape index (κ1) is 20.0. The molecule has 0 spiro atoms. The maximum Gasteiger partial charge on any atom is 0.252 e. The van der Waals surface area contributed by atoms with Crippen molar-refractivity contribution in [3.8, 4) is 11.5 Å². The molecule has 5 rings (SSSR count). The molecule has 0 unspecified atom stereocenters. The molecule has 0 fully saturated rings. The van der Waals surface area contributed by atoms with Crippen molar-refractivity contribution < 1.29 is 14.0 Å². The number of pyridine rings is 1. The Kier molecular flexibility index (Phi) is 5.19. The minimum Gasteiger partial charge on any atom is -0.463 e. The molecular weight excluding hydrogens is 402 g/mol. The molecule has 0 saturated heterocycles. The molecule has 1 N–H and O–H groups in total. The van der Waals surface area contributed by atoms with E-state index in [0.29, 0.717) is 30.0 Å². The number of rotatable bonds is 5. The Morgan fingerprint density at radius 1 is 1.09 bits per heavy atom. The average Bonchev–Trinajstić information content (AvgIpc) is 3.51. The molecule has 6 nitrogen and oxygen atoms in total. The van der Waals surface area contributed by atoms with Crippen LogP contribution in [0, 0.1) is 0 Å². The van der Waals surface area contributed by atoms with Gasteiger partial charge in [-0.2, -0.15) is 0 Å². The van der Waals surface area contributed by atoms with E-state index in [9.17, 15) is 9.59 Å². The molecule has 2 aromatic heterocycles. The molecule has 1 aliphatic heterocycles. The highest BCUT2D eigenvalue weighted by Crippen LogP contribution is 2.30. The van der Waals surface area contributed by atoms with Crippen molar-refractivity contribution in [3.05, 3.63) is 83.6 Å². The normalized spacial score (nSPS) is 12.7. The lowest BCUT2D eigenvalue weighted by Gasteiger charge is -2.16. The Labute approximate surface area is 185 Å². The van der Waals surface area contributed by atoms with E-state index in [-0.39, 0.29) is 11.8 Å². The summed E-state index contributed by atoms with van der Waals surface area (Å²) in [6.07, 6.45) is 2.93. The molecule has 160 valence electrons. The number of anilines is 1. The van der Waals surface area contributed by atoms with E-state index in [1.807, 2.05) is 54.3 Å². The fourth-order valence-corrected chi connectivity index (χ4v) is 4.21. The Balaban J connectivity index is 1.39. The van der Waals surface area contributed by atoms with Crippen molar-refractivity contribution in [1.82, 2.24) is 10.3 Å². The van der Waals surface area contributed by atoms with Crippen LogP contribution in [-0.2, 0) is 17.8 Å². The van der Waals surface area contributed by atoms with Gasteiger partial charge in [0.2, 0.25) is 5.91 Å². The molecule has 2 amide bonds. The SMILES string of the molecule is CCC(=O)N1CCc2cc(CNC(=O)c3cc(-c4ccco4)nc4ccccc34)ccc21. The van der Waals surface area contributed by atoms with E-state index >= 15 is 0 Å². The number of carbonyl (C=O) groups is 2. The first-order valence-electron chi connectivity index (χ1n) is 10.8. The van der Waals surface area contributed by atoms with Gasteiger partial charge in [-0.3, -0.25) is 9.59 Å². The van der Waals surface area contributed by atoms with Gasteiger partial charge >= 0.3 is 0 Å². The van der Waals surface area contributed by atoms with Crippen LogP contribution in [0.5, 0.6) is 0 Å². The smallest absolute Gasteiger partial charge is 0.252 e. The van der Waals surface area contributed by atoms with Crippen molar-refractivity contribution >= 4 is 28.4 Å². The predicted molar refractivity (Wildman–Crippen MR) is 123 cm³/mol. The Morgan fingerprint density at radius 3 is 2.78 bits per heavy atom. The monoisotopic (exact) mass is 425 g/mol. The van der Waals surface area contributed by atoms with Gasteiger partial charge in [-0.05, 0) is 47.9 Å². The number of fused-ring (bicyclic) bond motifs is 2. The number of nitrogens with zero attached hydrogens (tertiary/aromatic N) is 2. The predicted octanol–water partition coefficient (Wildman–Crippen LogP) is 4.72. The second-order valence-electron chi connectivity index (χ2n) is 7.84. The third-order valence-electron chi connectivity index (χ3n) is 5.83. The van der Waals surface area contributed by atoms with Crippen LogP contribution in [-0.4, -0.2) is 23.3 Å². The van der Waals surface area contributed by atoms with E-state index in [1.54, 1.807) is 18.4 Å². The molecule has 1 aliphatic rings. The first-order chi connectivity index (χ1) is 15.6. The highest BCUT2D eigenvalue weighted by Gasteiger charge is 2.23. The number of carbonyl (C=O) groups excluding carboxylic acids is 2. The van der Waals surface area contributed by atoms with Crippen LogP contribution in [0.25, 0.3) is 22.4 Å². The van der Waals surface area contributed by atoms with Crippen LogP contribution in [0.3, 0.4) is 0 Å². The first-order valence-corrected chi connectivity index (χ1v) is 10.8. The molecule has 6 heteroatoms. The number of hydrogen-bond acceptors (Lipinski definition) is 4. The van der Waals surface area contributed by atoms with Crippen LogP contribution in [0.2, 0.25) is 0 Å². The lowest BCUT2D eigenvalue weighted by atomic mass is 10.1. The maximum absolute atomic E-state index is 13.1. The number of benzene rings is 2. The van der Waals surface area contributed by atoms with Crippen LogP contribution >= 0.6 is 0 Å². The Morgan fingerprint density at radius 2 is 1.97 bits per heavy atom. The summed E-state index contributed by atoms with van der Waals surface area (Å²) >= 11 is 0. The second-order valence-corrected chi connectivity index (χ2v) is 7.84. The van der Waals surface area contributed by atoms with Gasteiger partial charge in [0.25, 0.3) is 5.91 Å². The largest absolute Gasteiger partial charge is 0.463 e. The summed E-state index contributed by atoms with van der Waals surface area (Å²) in [4.78, 5) is 31.7. The van der Waals surface area contributed by atoms with Crippen molar-refractivity contribution in [3.63, 3.8) is 0 Å². The van der Waals surface area contributed by atoms with Gasteiger partial charge in [-0.1, -0.05) is 37.3 Å². The fourth-order valence-electron chi connectivity index (χ4n) is 4.21. The summed E-state index contributed by atoms with van der Waals surface area (Å²) < 4.78 is 5.49. The zero-order chi connectivity index (χ0) is 22.1. The minimum absolute atomic E-state index is 0.140. The van der Waals surface area contributed by atoms with Crippen molar-refractivity contribution in [2.75, 3.05) is 11.4 Å². The van der Waals surface area contributed by atoms with Crippen LogP contribution in [0.1, 0.15) is 34.8 Å².